The topological polar surface area (TPSA) is 63.8 Å². The third kappa shape index (κ3) is 2.85. The van der Waals surface area contributed by atoms with Gasteiger partial charge in [-0.15, -0.1) is 0 Å². The predicted molar refractivity (Wildman–Crippen MR) is 81.5 cm³/mol. The molecule has 1 heterocycles. The average Bonchev–Trinajstić information content (AvgIpc) is 2.49. The lowest BCUT2D eigenvalue weighted by Gasteiger charge is -2.09. The largest absolute Gasteiger partial charge is 0.384 e. The van der Waals surface area contributed by atoms with Crippen molar-refractivity contribution in [2.75, 3.05) is 11.1 Å². The first kappa shape index (κ1) is 13.9. The van der Waals surface area contributed by atoms with Crippen LogP contribution in [-0.4, -0.2) is 9.97 Å². The number of rotatable bonds is 3. The van der Waals surface area contributed by atoms with Gasteiger partial charge < -0.3 is 11.1 Å². The molecule has 2 aromatic carbocycles. The number of nitrogens with zero attached hydrogens (tertiary/aromatic N) is 2. The third-order valence-electron chi connectivity index (χ3n) is 3.00. The average molecular weight is 298 g/mol. The highest BCUT2D eigenvalue weighted by Crippen LogP contribution is 2.24. The van der Waals surface area contributed by atoms with Gasteiger partial charge in [0.05, 0.1) is 11.3 Å². The van der Waals surface area contributed by atoms with E-state index in [1.165, 1.54) is 18.2 Å². The molecule has 4 nitrogen and oxygen atoms in total. The first-order chi connectivity index (χ1) is 10.6. The highest BCUT2D eigenvalue weighted by Gasteiger charge is 2.10. The van der Waals surface area contributed by atoms with E-state index < -0.39 is 11.6 Å². The molecular weight excluding hydrogens is 286 g/mol. The second kappa shape index (κ2) is 5.77. The lowest BCUT2D eigenvalue weighted by Crippen LogP contribution is -2.02. The Balaban J connectivity index is 2.01. The van der Waals surface area contributed by atoms with Crippen LogP contribution >= 0.6 is 0 Å². The van der Waals surface area contributed by atoms with Crippen molar-refractivity contribution < 1.29 is 8.78 Å². The molecule has 0 radical (unpaired) electrons. The molecule has 1 aromatic heterocycles. The van der Waals surface area contributed by atoms with Gasteiger partial charge in [0.1, 0.15) is 23.3 Å². The normalized spacial score (nSPS) is 10.5. The lowest BCUT2D eigenvalue weighted by atomic mass is 10.2. The maximum Gasteiger partial charge on any atom is 0.166 e. The van der Waals surface area contributed by atoms with Gasteiger partial charge in [0.15, 0.2) is 5.82 Å². The Morgan fingerprint density at radius 1 is 0.864 bits per heavy atom. The van der Waals surface area contributed by atoms with Gasteiger partial charge in [-0.25, -0.2) is 18.7 Å². The monoisotopic (exact) mass is 298 g/mol. The summed E-state index contributed by atoms with van der Waals surface area (Å²) in [6, 6.07) is 13.7. The van der Waals surface area contributed by atoms with Gasteiger partial charge in [-0.2, -0.15) is 0 Å². The van der Waals surface area contributed by atoms with Crippen LogP contribution in [-0.2, 0) is 0 Å². The molecule has 0 aliphatic heterocycles. The summed E-state index contributed by atoms with van der Waals surface area (Å²) in [5.74, 6) is -0.294. The summed E-state index contributed by atoms with van der Waals surface area (Å²) in [6.45, 7) is 0. The van der Waals surface area contributed by atoms with Crippen molar-refractivity contribution in [2.24, 2.45) is 0 Å². The molecule has 0 aliphatic carbocycles. The summed E-state index contributed by atoms with van der Waals surface area (Å²) in [7, 11) is 0. The van der Waals surface area contributed by atoms with Crippen molar-refractivity contribution in [2.45, 2.75) is 0 Å². The van der Waals surface area contributed by atoms with Crippen molar-refractivity contribution in [1.82, 2.24) is 9.97 Å². The molecule has 0 bridgehead atoms. The standard InChI is InChI=1S/C16H12F2N4/c17-11-6-2-1-5-10(11)16-21-14(19)9-15(22-16)20-13-8-4-3-7-12(13)18/h1-9H,(H3,19,20,21,22). The second-order valence-corrected chi connectivity index (χ2v) is 4.59. The number of hydrogen-bond acceptors (Lipinski definition) is 4. The summed E-state index contributed by atoms with van der Waals surface area (Å²) in [5.41, 5.74) is 6.21. The van der Waals surface area contributed by atoms with E-state index in [1.807, 2.05) is 0 Å². The Kier molecular flexibility index (Phi) is 3.65. The molecule has 3 aromatic rings. The van der Waals surface area contributed by atoms with Gasteiger partial charge in [0.2, 0.25) is 0 Å². The molecule has 3 N–H and O–H groups in total. The fraction of sp³-hybridized carbons (Fsp3) is 0. The molecule has 22 heavy (non-hydrogen) atoms. The Morgan fingerprint density at radius 2 is 1.55 bits per heavy atom. The minimum Gasteiger partial charge on any atom is -0.384 e. The second-order valence-electron chi connectivity index (χ2n) is 4.59. The summed E-state index contributed by atoms with van der Waals surface area (Å²) >= 11 is 0. The molecule has 3 rings (SSSR count). The Morgan fingerprint density at radius 3 is 2.27 bits per heavy atom. The number of benzene rings is 2. The Labute approximate surface area is 125 Å². The fourth-order valence-electron chi connectivity index (χ4n) is 1.99. The number of para-hydroxylation sites is 1. The highest BCUT2D eigenvalue weighted by atomic mass is 19.1. The number of hydrogen-bond donors (Lipinski definition) is 2. The maximum absolute atomic E-state index is 13.8. The van der Waals surface area contributed by atoms with Gasteiger partial charge in [0, 0.05) is 6.07 Å². The first-order valence-corrected chi connectivity index (χ1v) is 6.54. The van der Waals surface area contributed by atoms with Crippen LogP contribution in [0, 0.1) is 11.6 Å². The van der Waals surface area contributed by atoms with Crippen molar-refractivity contribution >= 4 is 17.3 Å². The maximum atomic E-state index is 13.8. The van der Waals surface area contributed by atoms with Gasteiger partial charge in [-0.05, 0) is 24.3 Å². The van der Waals surface area contributed by atoms with Crippen molar-refractivity contribution in [3.05, 3.63) is 66.2 Å². The Bertz CT molecular complexity index is 821. The van der Waals surface area contributed by atoms with E-state index in [2.05, 4.69) is 15.3 Å². The summed E-state index contributed by atoms with van der Waals surface area (Å²) < 4.78 is 27.5. The van der Waals surface area contributed by atoms with Crippen LogP contribution in [0.4, 0.5) is 26.1 Å². The summed E-state index contributed by atoms with van der Waals surface area (Å²) in [6.07, 6.45) is 0. The number of aromatic nitrogens is 2. The van der Waals surface area contributed by atoms with Gasteiger partial charge in [0.25, 0.3) is 0 Å². The van der Waals surface area contributed by atoms with Crippen molar-refractivity contribution in [3.8, 4) is 11.4 Å². The van der Waals surface area contributed by atoms with Crippen LogP contribution in [0.15, 0.2) is 54.6 Å². The molecule has 0 aliphatic rings. The molecule has 0 fully saturated rings. The van der Waals surface area contributed by atoms with Crippen LogP contribution in [0.3, 0.4) is 0 Å². The molecule has 110 valence electrons. The van der Waals surface area contributed by atoms with E-state index in [1.54, 1.807) is 36.4 Å². The van der Waals surface area contributed by atoms with Crippen LogP contribution in [0.2, 0.25) is 0 Å². The van der Waals surface area contributed by atoms with Crippen LogP contribution in [0.1, 0.15) is 0 Å². The van der Waals surface area contributed by atoms with E-state index in [4.69, 9.17) is 5.73 Å². The van der Waals surface area contributed by atoms with Gasteiger partial charge in [-0.1, -0.05) is 24.3 Å². The zero-order chi connectivity index (χ0) is 15.5. The molecule has 0 spiro atoms. The van der Waals surface area contributed by atoms with E-state index in [-0.39, 0.29) is 28.7 Å². The van der Waals surface area contributed by atoms with E-state index in [0.717, 1.165) is 0 Å². The number of nitrogens with one attached hydrogen (secondary N) is 1. The van der Waals surface area contributed by atoms with Crippen LogP contribution in [0.5, 0.6) is 0 Å². The van der Waals surface area contributed by atoms with Crippen LogP contribution in [0.25, 0.3) is 11.4 Å². The fourth-order valence-corrected chi connectivity index (χ4v) is 1.99. The molecule has 0 amide bonds. The minimum atomic E-state index is -0.454. The summed E-state index contributed by atoms with van der Waals surface area (Å²) in [5, 5.41) is 2.81. The van der Waals surface area contributed by atoms with Gasteiger partial charge >= 0.3 is 0 Å². The van der Waals surface area contributed by atoms with E-state index in [0.29, 0.717) is 0 Å². The third-order valence-corrected chi connectivity index (χ3v) is 3.00. The molecular formula is C16H12F2N4. The number of halogens is 2. The van der Waals surface area contributed by atoms with E-state index >= 15 is 0 Å². The first-order valence-electron chi connectivity index (χ1n) is 6.54. The molecule has 0 unspecified atom stereocenters. The number of anilines is 3. The molecule has 0 atom stereocenters. The lowest BCUT2D eigenvalue weighted by molar-refractivity contribution is 0.629. The zero-order valence-corrected chi connectivity index (χ0v) is 11.4. The predicted octanol–water partition coefficient (Wildman–Crippen LogP) is 3.75. The summed E-state index contributed by atoms with van der Waals surface area (Å²) in [4.78, 5) is 8.21. The zero-order valence-electron chi connectivity index (χ0n) is 11.4. The van der Waals surface area contributed by atoms with Crippen LogP contribution < -0.4 is 11.1 Å². The molecule has 0 saturated carbocycles. The van der Waals surface area contributed by atoms with E-state index in [9.17, 15) is 8.78 Å². The molecule has 6 heteroatoms. The van der Waals surface area contributed by atoms with Crippen molar-refractivity contribution in [3.63, 3.8) is 0 Å². The molecule has 0 saturated heterocycles. The number of nitrogen functional groups attached to an aromatic ring is 1. The van der Waals surface area contributed by atoms with Gasteiger partial charge in [-0.3, -0.25) is 0 Å². The SMILES string of the molecule is Nc1cc(Nc2ccccc2F)nc(-c2ccccc2F)n1. The smallest absolute Gasteiger partial charge is 0.166 e. The Hall–Kier alpha value is -3.02. The quantitative estimate of drug-likeness (QED) is 0.773. The highest BCUT2D eigenvalue weighted by molar-refractivity contribution is 5.64. The number of nitrogens with two attached hydrogens (primary N) is 1. The minimum absolute atomic E-state index is 0.136. The van der Waals surface area contributed by atoms with Crippen molar-refractivity contribution in [1.29, 1.82) is 0 Å².